The molecular weight excluding hydrogens is 168 g/mol. The summed E-state index contributed by atoms with van der Waals surface area (Å²) in [6, 6.07) is 10.9. The van der Waals surface area contributed by atoms with Crippen LogP contribution in [0.4, 0.5) is 0 Å². The van der Waals surface area contributed by atoms with Crippen LogP contribution in [0.15, 0.2) is 30.3 Å². The summed E-state index contributed by atoms with van der Waals surface area (Å²) in [4.78, 5) is 0. The van der Waals surface area contributed by atoms with Gasteiger partial charge in [0.1, 0.15) is 0 Å². The molecule has 0 heterocycles. The second-order valence-corrected chi connectivity index (χ2v) is 3.93. The van der Waals surface area contributed by atoms with Crippen molar-refractivity contribution in [1.29, 1.82) is 0 Å². The fourth-order valence-corrected chi connectivity index (χ4v) is 2.34. The van der Waals surface area contributed by atoms with E-state index in [2.05, 4.69) is 37.3 Å². The van der Waals surface area contributed by atoms with Gasteiger partial charge < -0.3 is 0 Å². The molecule has 1 saturated carbocycles. The second kappa shape index (κ2) is 5.85. The van der Waals surface area contributed by atoms with Gasteiger partial charge in [-0.2, -0.15) is 0 Å². The Bertz CT molecular complexity index is 237. The quantitative estimate of drug-likeness (QED) is 0.606. The highest BCUT2D eigenvalue weighted by Crippen LogP contribution is 2.38. The summed E-state index contributed by atoms with van der Waals surface area (Å²) in [6.07, 6.45) is 4.23. The highest BCUT2D eigenvalue weighted by Gasteiger charge is 2.24. The van der Waals surface area contributed by atoms with Crippen molar-refractivity contribution >= 4 is 0 Å². The lowest BCUT2D eigenvalue weighted by Crippen LogP contribution is -2.00. The van der Waals surface area contributed by atoms with Gasteiger partial charge in [0.25, 0.3) is 0 Å². The molecule has 1 aliphatic rings. The minimum absolute atomic E-state index is 0.839. The van der Waals surface area contributed by atoms with Crippen LogP contribution >= 0.6 is 0 Å². The molecule has 78 valence electrons. The summed E-state index contributed by atoms with van der Waals surface area (Å²) in [5.74, 6) is 1.73. The summed E-state index contributed by atoms with van der Waals surface area (Å²) in [6.45, 7) is 6.38. The number of benzene rings is 1. The predicted octanol–water partition coefficient (Wildman–Crippen LogP) is 4.62. The van der Waals surface area contributed by atoms with E-state index in [9.17, 15) is 0 Å². The smallest absolute Gasteiger partial charge is 0.0136 e. The molecule has 14 heavy (non-hydrogen) atoms. The van der Waals surface area contributed by atoms with Gasteiger partial charge in [-0.25, -0.2) is 0 Å². The molecule has 0 nitrogen and oxygen atoms in total. The first-order valence-corrected chi connectivity index (χ1v) is 5.93. The van der Waals surface area contributed by atoms with Crippen LogP contribution in [-0.2, 0) is 0 Å². The van der Waals surface area contributed by atoms with Gasteiger partial charge >= 0.3 is 0 Å². The van der Waals surface area contributed by atoms with Gasteiger partial charge in [-0.3, -0.25) is 0 Å². The fourth-order valence-electron chi connectivity index (χ4n) is 2.34. The Morgan fingerprint density at radius 3 is 2.14 bits per heavy atom. The molecule has 0 heteroatoms. The zero-order valence-electron chi connectivity index (χ0n) is 9.66. The first-order chi connectivity index (χ1) is 6.88. The van der Waals surface area contributed by atoms with Crippen molar-refractivity contribution in [1.82, 2.24) is 0 Å². The summed E-state index contributed by atoms with van der Waals surface area (Å²) in [5, 5.41) is 0. The van der Waals surface area contributed by atoms with Crippen LogP contribution in [0.5, 0.6) is 0 Å². The van der Waals surface area contributed by atoms with Crippen molar-refractivity contribution in [2.75, 3.05) is 0 Å². The maximum atomic E-state index is 2.38. The largest absolute Gasteiger partial charge is 0.0683 e. The van der Waals surface area contributed by atoms with Crippen LogP contribution < -0.4 is 0 Å². The maximum Gasteiger partial charge on any atom is -0.0136 e. The zero-order chi connectivity index (χ0) is 10.4. The number of hydrogen-bond acceptors (Lipinski definition) is 0. The Balaban J connectivity index is 0.000000461. The van der Waals surface area contributed by atoms with Crippen molar-refractivity contribution in [3.05, 3.63) is 35.9 Å². The Labute approximate surface area is 88.4 Å². The van der Waals surface area contributed by atoms with E-state index in [1.807, 2.05) is 13.8 Å². The van der Waals surface area contributed by atoms with E-state index in [1.165, 1.54) is 19.3 Å². The Hall–Kier alpha value is -0.780. The standard InChI is InChI=1S/C12H16.C2H6/c1-10-6-5-9-12(10)11-7-3-2-4-8-11;1-2/h2-4,7-8,10,12H,5-6,9H2,1H3;1-2H3. The highest BCUT2D eigenvalue weighted by atomic mass is 14.3. The third kappa shape index (κ3) is 2.60. The lowest BCUT2D eigenvalue weighted by Gasteiger charge is -2.14. The van der Waals surface area contributed by atoms with Crippen LogP contribution in [0.2, 0.25) is 0 Å². The first kappa shape index (κ1) is 11.3. The third-order valence-electron chi connectivity index (χ3n) is 3.09. The summed E-state index contributed by atoms with van der Waals surface area (Å²) in [5.41, 5.74) is 1.54. The third-order valence-corrected chi connectivity index (χ3v) is 3.09. The van der Waals surface area contributed by atoms with Gasteiger partial charge in [-0.15, -0.1) is 0 Å². The van der Waals surface area contributed by atoms with E-state index in [0.29, 0.717) is 0 Å². The zero-order valence-corrected chi connectivity index (χ0v) is 9.66. The van der Waals surface area contributed by atoms with Crippen molar-refractivity contribution < 1.29 is 0 Å². The van der Waals surface area contributed by atoms with Crippen LogP contribution in [-0.4, -0.2) is 0 Å². The molecule has 0 radical (unpaired) electrons. The number of hydrogen-bond donors (Lipinski definition) is 0. The predicted molar refractivity (Wildman–Crippen MR) is 63.5 cm³/mol. The molecule has 1 aliphatic carbocycles. The van der Waals surface area contributed by atoms with Crippen LogP contribution in [0.1, 0.15) is 51.5 Å². The molecule has 2 rings (SSSR count). The molecular formula is C14H22. The Kier molecular flexibility index (Phi) is 4.72. The van der Waals surface area contributed by atoms with Crippen molar-refractivity contribution in [2.24, 2.45) is 5.92 Å². The van der Waals surface area contributed by atoms with Crippen molar-refractivity contribution in [3.63, 3.8) is 0 Å². The topological polar surface area (TPSA) is 0 Å². The molecule has 1 fully saturated rings. The molecule has 0 bridgehead atoms. The van der Waals surface area contributed by atoms with E-state index < -0.39 is 0 Å². The normalized spacial score (nSPS) is 25.4. The maximum absolute atomic E-state index is 2.38. The van der Waals surface area contributed by atoms with Gasteiger partial charge in [0.05, 0.1) is 0 Å². The Morgan fingerprint density at radius 2 is 1.64 bits per heavy atom. The lowest BCUT2D eigenvalue weighted by molar-refractivity contribution is 0.533. The van der Waals surface area contributed by atoms with Crippen molar-refractivity contribution in [2.45, 2.75) is 46.0 Å². The van der Waals surface area contributed by atoms with E-state index in [4.69, 9.17) is 0 Å². The minimum atomic E-state index is 0.839. The summed E-state index contributed by atoms with van der Waals surface area (Å²) >= 11 is 0. The van der Waals surface area contributed by atoms with Crippen molar-refractivity contribution in [3.8, 4) is 0 Å². The second-order valence-electron chi connectivity index (χ2n) is 3.93. The molecule has 0 spiro atoms. The molecule has 0 aliphatic heterocycles. The monoisotopic (exact) mass is 190 g/mol. The van der Waals surface area contributed by atoms with Gasteiger partial charge in [0.2, 0.25) is 0 Å². The Morgan fingerprint density at radius 1 is 1.00 bits per heavy atom. The molecule has 1 aromatic carbocycles. The van der Waals surface area contributed by atoms with Crippen LogP contribution in [0.25, 0.3) is 0 Å². The number of rotatable bonds is 1. The fraction of sp³-hybridized carbons (Fsp3) is 0.571. The molecule has 0 aromatic heterocycles. The van der Waals surface area contributed by atoms with Gasteiger partial charge in [-0.1, -0.05) is 63.9 Å². The highest BCUT2D eigenvalue weighted by molar-refractivity contribution is 5.20. The molecule has 2 unspecified atom stereocenters. The average Bonchev–Trinajstić information content (AvgIpc) is 2.69. The molecule has 0 N–H and O–H groups in total. The first-order valence-electron chi connectivity index (χ1n) is 5.93. The SMILES string of the molecule is CC.CC1CCCC1c1ccccc1. The average molecular weight is 190 g/mol. The van der Waals surface area contributed by atoms with E-state index in [1.54, 1.807) is 5.56 Å². The molecule has 0 saturated heterocycles. The van der Waals surface area contributed by atoms with Gasteiger partial charge in [-0.05, 0) is 23.8 Å². The molecule has 2 atom stereocenters. The molecule has 1 aromatic rings. The van der Waals surface area contributed by atoms with E-state index >= 15 is 0 Å². The van der Waals surface area contributed by atoms with Crippen LogP contribution in [0, 0.1) is 5.92 Å². The molecule has 0 amide bonds. The summed E-state index contributed by atoms with van der Waals surface area (Å²) < 4.78 is 0. The van der Waals surface area contributed by atoms with Gasteiger partial charge in [0, 0.05) is 0 Å². The van der Waals surface area contributed by atoms with E-state index in [0.717, 1.165) is 11.8 Å². The lowest BCUT2D eigenvalue weighted by atomic mass is 9.90. The van der Waals surface area contributed by atoms with Crippen LogP contribution in [0.3, 0.4) is 0 Å². The summed E-state index contributed by atoms with van der Waals surface area (Å²) in [7, 11) is 0. The van der Waals surface area contributed by atoms with E-state index in [-0.39, 0.29) is 0 Å². The van der Waals surface area contributed by atoms with Gasteiger partial charge in [0.15, 0.2) is 0 Å². The minimum Gasteiger partial charge on any atom is -0.0683 e.